The number of aryl methyl sites for hydroxylation is 1. The maximum absolute atomic E-state index is 13.2. The summed E-state index contributed by atoms with van der Waals surface area (Å²) in [5.74, 6) is -0.830. The maximum atomic E-state index is 13.2. The Kier molecular flexibility index (Phi) is 5.08. The number of anilines is 1. The Hall–Kier alpha value is -2.74. The third kappa shape index (κ3) is 4.42. The first-order valence-electron chi connectivity index (χ1n) is 7.29. The van der Waals surface area contributed by atoms with Crippen LogP contribution in [-0.4, -0.2) is 21.9 Å². The zero-order chi connectivity index (χ0) is 17.8. The lowest BCUT2D eigenvalue weighted by atomic mass is 10.2. The quantitative estimate of drug-likeness (QED) is 0.694. The Labute approximate surface area is 146 Å². The van der Waals surface area contributed by atoms with Gasteiger partial charge >= 0.3 is 0 Å². The van der Waals surface area contributed by atoms with Gasteiger partial charge in [0, 0.05) is 11.3 Å². The van der Waals surface area contributed by atoms with Crippen molar-refractivity contribution in [3.8, 4) is 11.5 Å². The van der Waals surface area contributed by atoms with Crippen molar-refractivity contribution in [1.29, 1.82) is 0 Å². The summed E-state index contributed by atoms with van der Waals surface area (Å²) in [6, 6.07) is 9.91. The third-order valence-corrected chi connectivity index (χ3v) is 4.09. The number of rotatable bonds is 5. The van der Waals surface area contributed by atoms with Crippen molar-refractivity contribution in [2.24, 2.45) is 0 Å². The van der Waals surface area contributed by atoms with Gasteiger partial charge in [0.05, 0.1) is 5.75 Å². The number of nitrogens with zero attached hydrogens (tertiary/aromatic N) is 2. The van der Waals surface area contributed by atoms with Gasteiger partial charge in [0.2, 0.25) is 11.8 Å². The van der Waals surface area contributed by atoms with Crippen LogP contribution in [0.25, 0.3) is 11.5 Å². The summed E-state index contributed by atoms with van der Waals surface area (Å²) in [5.41, 5.74) is 1.63. The normalized spacial score (nSPS) is 10.7. The van der Waals surface area contributed by atoms with Crippen LogP contribution in [0, 0.1) is 18.6 Å². The van der Waals surface area contributed by atoms with Crippen molar-refractivity contribution in [2.75, 3.05) is 11.1 Å². The average Bonchev–Trinajstić information content (AvgIpc) is 3.05. The molecule has 25 heavy (non-hydrogen) atoms. The highest BCUT2D eigenvalue weighted by molar-refractivity contribution is 7.99. The molecule has 3 aromatic rings. The van der Waals surface area contributed by atoms with Crippen LogP contribution < -0.4 is 5.32 Å². The standard InChI is InChI=1S/C17H13F2N3O2S/c1-10-7-13(19)5-6-14(10)20-15(23)9-25-17-22-21-16(24-17)11-3-2-4-12(18)8-11/h2-8H,9H2,1H3,(H,20,23). The first-order valence-corrected chi connectivity index (χ1v) is 8.28. The van der Waals surface area contributed by atoms with Gasteiger partial charge in [-0.3, -0.25) is 4.79 Å². The smallest absolute Gasteiger partial charge is 0.277 e. The molecule has 0 spiro atoms. The third-order valence-electron chi connectivity index (χ3n) is 3.27. The minimum atomic E-state index is -0.404. The molecule has 0 atom stereocenters. The number of hydrogen-bond donors (Lipinski definition) is 1. The second-order valence-electron chi connectivity index (χ2n) is 5.18. The van der Waals surface area contributed by atoms with E-state index >= 15 is 0 Å². The molecular formula is C17H13F2N3O2S. The number of carbonyl (C=O) groups excluding carboxylic acids is 1. The monoisotopic (exact) mass is 361 g/mol. The summed E-state index contributed by atoms with van der Waals surface area (Å²) in [7, 11) is 0. The lowest BCUT2D eigenvalue weighted by Gasteiger charge is -2.07. The van der Waals surface area contributed by atoms with Crippen LogP contribution in [0.5, 0.6) is 0 Å². The molecule has 0 aliphatic carbocycles. The number of benzene rings is 2. The summed E-state index contributed by atoms with van der Waals surface area (Å²) in [4.78, 5) is 12.0. The van der Waals surface area contributed by atoms with E-state index in [4.69, 9.17) is 4.42 Å². The van der Waals surface area contributed by atoms with Gasteiger partial charge in [0.25, 0.3) is 5.22 Å². The van der Waals surface area contributed by atoms with Gasteiger partial charge in [0.1, 0.15) is 11.6 Å². The molecule has 1 heterocycles. The molecule has 128 valence electrons. The van der Waals surface area contributed by atoms with Crippen LogP contribution in [0.15, 0.2) is 52.1 Å². The van der Waals surface area contributed by atoms with E-state index in [-0.39, 0.29) is 28.6 Å². The lowest BCUT2D eigenvalue weighted by molar-refractivity contribution is -0.113. The number of nitrogens with one attached hydrogen (secondary N) is 1. The van der Waals surface area contributed by atoms with E-state index < -0.39 is 5.82 Å². The summed E-state index contributed by atoms with van der Waals surface area (Å²) in [5, 5.41) is 10.5. The van der Waals surface area contributed by atoms with Crippen molar-refractivity contribution in [1.82, 2.24) is 10.2 Å². The van der Waals surface area contributed by atoms with E-state index in [0.717, 1.165) is 11.8 Å². The highest BCUT2D eigenvalue weighted by Crippen LogP contribution is 2.24. The number of carbonyl (C=O) groups is 1. The van der Waals surface area contributed by atoms with E-state index in [1.165, 1.54) is 30.3 Å². The van der Waals surface area contributed by atoms with Gasteiger partial charge < -0.3 is 9.73 Å². The maximum Gasteiger partial charge on any atom is 0.277 e. The largest absolute Gasteiger partial charge is 0.411 e. The zero-order valence-electron chi connectivity index (χ0n) is 13.1. The Morgan fingerprint density at radius 3 is 2.72 bits per heavy atom. The highest BCUT2D eigenvalue weighted by atomic mass is 32.2. The second-order valence-corrected chi connectivity index (χ2v) is 6.11. The molecule has 8 heteroatoms. The van der Waals surface area contributed by atoms with E-state index in [1.807, 2.05) is 0 Å². The molecule has 0 saturated carbocycles. The molecule has 1 N–H and O–H groups in total. The number of halogens is 2. The van der Waals surface area contributed by atoms with E-state index in [1.54, 1.807) is 19.1 Å². The van der Waals surface area contributed by atoms with Gasteiger partial charge in [0.15, 0.2) is 0 Å². The Morgan fingerprint density at radius 1 is 1.16 bits per heavy atom. The molecule has 5 nitrogen and oxygen atoms in total. The molecule has 0 aliphatic rings. The SMILES string of the molecule is Cc1cc(F)ccc1NC(=O)CSc1nnc(-c2cccc(F)c2)o1. The predicted octanol–water partition coefficient (Wildman–Crippen LogP) is 4.05. The van der Waals surface area contributed by atoms with Gasteiger partial charge in [-0.2, -0.15) is 0 Å². The minimum absolute atomic E-state index is 0.0433. The molecular weight excluding hydrogens is 348 g/mol. The molecule has 0 radical (unpaired) electrons. The van der Waals surface area contributed by atoms with E-state index in [2.05, 4.69) is 15.5 Å². The average molecular weight is 361 g/mol. The highest BCUT2D eigenvalue weighted by Gasteiger charge is 2.12. The van der Waals surface area contributed by atoms with Crippen molar-refractivity contribution in [3.63, 3.8) is 0 Å². The van der Waals surface area contributed by atoms with Crippen LogP contribution in [-0.2, 0) is 4.79 Å². The minimum Gasteiger partial charge on any atom is -0.411 e. The molecule has 2 aromatic carbocycles. The molecule has 1 aromatic heterocycles. The molecule has 3 rings (SSSR count). The predicted molar refractivity (Wildman–Crippen MR) is 90.2 cm³/mol. The van der Waals surface area contributed by atoms with Gasteiger partial charge in [-0.15, -0.1) is 10.2 Å². The number of thioether (sulfide) groups is 1. The van der Waals surface area contributed by atoms with E-state index in [0.29, 0.717) is 16.8 Å². The molecule has 0 fully saturated rings. The number of hydrogen-bond acceptors (Lipinski definition) is 5. The fraction of sp³-hybridized carbons (Fsp3) is 0.118. The first kappa shape index (κ1) is 17.1. The lowest BCUT2D eigenvalue weighted by Crippen LogP contribution is -2.14. The molecule has 0 unspecified atom stereocenters. The fourth-order valence-corrected chi connectivity index (χ4v) is 2.65. The summed E-state index contributed by atoms with van der Waals surface area (Å²) < 4.78 is 31.7. The fourth-order valence-electron chi connectivity index (χ4n) is 2.09. The van der Waals surface area contributed by atoms with Crippen LogP contribution in [0.1, 0.15) is 5.56 Å². The molecule has 1 amide bonds. The first-order chi connectivity index (χ1) is 12.0. The van der Waals surface area contributed by atoms with Crippen LogP contribution in [0.2, 0.25) is 0 Å². The molecule has 0 bridgehead atoms. The van der Waals surface area contributed by atoms with Crippen molar-refractivity contribution >= 4 is 23.4 Å². The van der Waals surface area contributed by atoms with Gasteiger partial charge in [-0.1, -0.05) is 17.8 Å². The molecule has 0 aliphatic heterocycles. The number of aromatic nitrogens is 2. The van der Waals surface area contributed by atoms with Crippen molar-refractivity contribution in [3.05, 3.63) is 59.7 Å². The summed E-state index contributed by atoms with van der Waals surface area (Å²) in [6.07, 6.45) is 0. The van der Waals surface area contributed by atoms with Crippen LogP contribution in [0.3, 0.4) is 0 Å². The Morgan fingerprint density at radius 2 is 1.96 bits per heavy atom. The number of amides is 1. The topological polar surface area (TPSA) is 68.0 Å². The summed E-state index contributed by atoms with van der Waals surface area (Å²) >= 11 is 1.06. The van der Waals surface area contributed by atoms with Crippen LogP contribution in [0.4, 0.5) is 14.5 Å². The Bertz CT molecular complexity index is 914. The van der Waals surface area contributed by atoms with Gasteiger partial charge in [-0.05, 0) is 48.9 Å². The zero-order valence-corrected chi connectivity index (χ0v) is 13.9. The van der Waals surface area contributed by atoms with E-state index in [9.17, 15) is 13.6 Å². The van der Waals surface area contributed by atoms with Crippen LogP contribution >= 0.6 is 11.8 Å². The molecule has 0 saturated heterocycles. The Balaban J connectivity index is 1.59. The van der Waals surface area contributed by atoms with Crippen molar-refractivity contribution < 1.29 is 18.0 Å². The summed E-state index contributed by atoms with van der Waals surface area (Å²) in [6.45, 7) is 1.70. The van der Waals surface area contributed by atoms with Crippen molar-refractivity contribution in [2.45, 2.75) is 12.1 Å². The second kappa shape index (κ2) is 7.43. The van der Waals surface area contributed by atoms with Gasteiger partial charge in [-0.25, -0.2) is 8.78 Å².